The van der Waals surface area contributed by atoms with Gasteiger partial charge in [-0.1, -0.05) is 106 Å². The van der Waals surface area contributed by atoms with Crippen LogP contribution in [-0.2, 0) is 16.2 Å². The number of unbranched alkanes of at least 4 members (excludes halogenated alkanes) is 1. The first kappa shape index (κ1) is 33.6. The Morgan fingerprint density at radius 2 is 1.58 bits per heavy atom. The third kappa shape index (κ3) is 6.57. The van der Waals surface area contributed by atoms with Gasteiger partial charge < -0.3 is 9.40 Å². The lowest BCUT2D eigenvalue weighted by Crippen LogP contribution is -2.20. The van der Waals surface area contributed by atoms with Gasteiger partial charge in [0.05, 0.1) is 11.2 Å². The van der Waals surface area contributed by atoms with Crippen LogP contribution in [0.1, 0.15) is 117 Å². The average molecular weight is 643 g/mol. The lowest BCUT2D eigenvalue weighted by Gasteiger charge is -2.23. The number of carbonyl (C=O) groups excluding carboxylic acids is 2. The Balaban J connectivity index is 1.64. The van der Waals surface area contributed by atoms with Crippen molar-refractivity contribution in [3.63, 3.8) is 0 Å². The number of fused-ring (bicyclic) bond motifs is 5. The molecule has 0 amide bonds. The minimum Gasteiger partial charge on any atom is -0.340 e. The van der Waals surface area contributed by atoms with E-state index in [4.69, 9.17) is 4.84 Å². The molecule has 1 aliphatic carbocycles. The number of rotatable bonds is 11. The topological polar surface area (TPSA) is 60.7 Å². The normalized spacial score (nSPS) is 15.0. The predicted molar refractivity (Wildman–Crippen MR) is 199 cm³/mol. The van der Waals surface area contributed by atoms with Gasteiger partial charge in [0.1, 0.15) is 0 Å². The highest BCUT2D eigenvalue weighted by molar-refractivity contribution is 6.26. The molecule has 1 aliphatic rings. The summed E-state index contributed by atoms with van der Waals surface area (Å²) in [6, 6.07) is 21.4. The average Bonchev–Trinajstić information content (AvgIpc) is 3.38. The number of benzene rings is 4. The monoisotopic (exact) mass is 642 g/mol. The first-order valence-electron chi connectivity index (χ1n) is 18.1. The molecule has 4 aromatic carbocycles. The minimum absolute atomic E-state index is 0.0638. The summed E-state index contributed by atoms with van der Waals surface area (Å²) in [5, 5.41) is 8.75. The summed E-state index contributed by atoms with van der Waals surface area (Å²) in [5.74, 6) is 0.446. The van der Waals surface area contributed by atoms with Gasteiger partial charge in [-0.15, -0.1) is 0 Å². The van der Waals surface area contributed by atoms with Crippen molar-refractivity contribution >= 4 is 50.0 Å². The molecule has 0 spiro atoms. The first-order valence-corrected chi connectivity index (χ1v) is 18.1. The Hall–Kier alpha value is -4.25. The number of hydrogen-bond acceptors (Lipinski definition) is 4. The molecule has 0 bridgehead atoms. The highest BCUT2D eigenvalue weighted by atomic mass is 16.7. The van der Waals surface area contributed by atoms with Gasteiger partial charge in [0.15, 0.2) is 5.78 Å². The predicted octanol–water partition coefficient (Wildman–Crippen LogP) is 11.2. The molecule has 1 heterocycles. The maximum absolute atomic E-state index is 14.6. The van der Waals surface area contributed by atoms with Crippen LogP contribution in [0.4, 0.5) is 0 Å². The van der Waals surface area contributed by atoms with E-state index in [2.05, 4.69) is 85.1 Å². The van der Waals surface area contributed by atoms with Crippen LogP contribution in [0.2, 0.25) is 0 Å². The fourth-order valence-electron chi connectivity index (χ4n) is 8.20. The summed E-state index contributed by atoms with van der Waals surface area (Å²) in [6.07, 6.45) is 10.3. The van der Waals surface area contributed by atoms with E-state index in [1.54, 1.807) is 0 Å². The maximum Gasteiger partial charge on any atom is 0.331 e. The zero-order chi connectivity index (χ0) is 33.9. The molecule has 0 N–H and O–H groups in total. The van der Waals surface area contributed by atoms with Crippen molar-refractivity contribution in [3.8, 4) is 0 Å². The van der Waals surface area contributed by atoms with E-state index in [9.17, 15) is 9.59 Å². The van der Waals surface area contributed by atoms with Gasteiger partial charge in [0.25, 0.3) is 0 Å². The molecule has 0 saturated heterocycles. The van der Waals surface area contributed by atoms with Crippen LogP contribution in [-0.4, -0.2) is 22.0 Å². The minimum atomic E-state index is -0.407. The second kappa shape index (κ2) is 14.5. The lowest BCUT2D eigenvalue weighted by atomic mass is 9.83. The third-order valence-corrected chi connectivity index (χ3v) is 10.6. The van der Waals surface area contributed by atoms with Crippen molar-refractivity contribution in [2.24, 2.45) is 17.0 Å². The molecule has 48 heavy (non-hydrogen) atoms. The quantitative estimate of drug-likeness (QED) is 0.0623. The van der Waals surface area contributed by atoms with E-state index in [1.807, 2.05) is 19.9 Å². The van der Waals surface area contributed by atoms with Gasteiger partial charge in [-0.2, -0.15) is 0 Å². The summed E-state index contributed by atoms with van der Waals surface area (Å²) in [4.78, 5) is 31.8. The van der Waals surface area contributed by atoms with Gasteiger partial charge in [0, 0.05) is 57.8 Å². The number of hydrogen-bond donors (Lipinski definition) is 0. The third-order valence-electron chi connectivity index (χ3n) is 10.6. The summed E-state index contributed by atoms with van der Waals surface area (Å²) in [7, 11) is 0. The van der Waals surface area contributed by atoms with E-state index in [-0.39, 0.29) is 11.7 Å². The molecule has 1 saturated carbocycles. The Labute approximate surface area is 285 Å². The van der Waals surface area contributed by atoms with Gasteiger partial charge in [-0.05, 0) is 80.7 Å². The molecule has 0 aliphatic heterocycles. The summed E-state index contributed by atoms with van der Waals surface area (Å²) in [5.41, 5.74) is 8.87. The Bertz CT molecular complexity index is 2000. The smallest absolute Gasteiger partial charge is 0.331 e. The molecular formula is C43H50N2O3. The molecule has 1 aromatic heterocycles. The molecule has 1 unspecified atom stereocenters. The van der Waals surface area contributed by atoms with Crippen LogP contribution >= 0.6 is 0 Å². The fourth-order valence-corrected chi connectivity index (χ4v) is 8.20. The van der Waals surface area contributed by atoms with E-state index in [0.29, 0.717) is 5.92 Å². The highest BCUT2D eigenvalue weighted by Crippen LogP contribution is 2.40. The van der Waals surface area contributed by atoms with E-state index < -0.39 is 5.97 Å². The second-order valence-corrected chi connectivity index (χ2v) is 14.1. The largest absolute Gasteiger partial charge is 0.340 e. The Morgan fingerprint density at radius 3 is 2.25 bits per heavy atom. The molecule has 1 fully saturated rings. The standard InChI is InChI=1S/C43H50N2O3/c1-7-9-15-31(8-2)26-45-39-21-20-33(41(44-48-30(6)46)32-16-11-10-12-17-32)24-36(39)37-25-38(34-18-13-14-19-35(34)42(37)45)43(47)40-28(4)22-27(3)23-29(40)5/h13-14,18-25,31-32H,7-12,15-17,26H2,1-6H3/b44-41+. The molecule has 5 nitrogen and oxygen atoms in total. The van der Waals surface area contributed by atoms with Crippen molar-refractivity contribution in [2.75, 3.05) is 0 Å². The summed E-state index contributed by atoms with van der Waals surface area (Å²) in [6.45, 7) is 13.1. The first-order chi connectivity index (χ1) is 23.2. The number of oxime groups is 1. The molecule has 1 atom stereocenters. The van der Waals surface area contributed by atoms with Gasteiger partial charge in [-0.3, -0.25) is 4.79 Å². The van der Waals surface area contributed by atoms with Crippen molar-refractivity contribution in [1.82, 2.24) is 4.57 Å². The summed E-state index contributed by atoms with van der Waals surface area (Å²) >= 11 is 0. The lowest BCUT2D eigenvalue weighted by molar-refractivity contribution is -0.141. The molecule has 250 valence electrons. The zero-order valence-electron chi connectivity index (χ0n) is 29.6. The van der Waals surface area contributed by atoms with Crippen LogP contribution in [0.15, 0.2) is 65.8 Å². The van der Waals surface area contributed by atoms with Crippen LogP contribution in [0.5, 0.6) is 0 Å². The van der Waals surface area contributed by atoms with Crippen molar-refractivity contribution < 1.29 is 14.4 Å². The highest BCUT2D eigenvalue weighted by Gasteiger charge is 2.26. The molecule has 5 heteroatoms. The molecular weight excluding hydrogens is 592 g/mol. The molecule has 0 radical (unpaired) electrons. The van der Waals surface area contributed by atoms with Crippen LogP contribution < -0.4 is 0 Å². The van der Waals surface area contributed by atoms with Crippen molar-refractivity contribution in [1.29, 1.82) is 0 Å². The number of ketones is 1. The second-order valence-electron chi connectivity index (χ2n) is 14.1. The molecule has 6 rings (SSSR count). The fraction of sp³-hybridized carbons (Fsp3) is 0.419. The van der Waals surface area contributed by atoms with E-state index in [0.717, 1.165) is 105 Å². The summed E-state index contributed by atoms with van der Waals surface area (Å²) < 4.78 is 2.51. The Morgan fingerprint density at radius 1 is 0.875 bits per heavy atom. The van der Waals surface area contributed by atoms with Gasteiger partial charge in [-0.25, -0.2) is 4.79 Å². The SMILES string of the molecule is CCCCC(CC)Cn1c2ccc(/C(=N/OC(C)=O)C3CCCCC3)cc2c2cc(C(=O)c3c(C)cc(C)cc3C)c3ccccc3c21. The molecule has 5 aromatic rings. The maximum atomic E-state index is 14.6. The van der Waals surface area contributed by atoms with E-state index >= 15 is 0 Å². The number of aryl methyl sites for hydroxylation is 3. The van der Waals surface area contributed by atoms with Crippen LogP contribution in [0.25, 0.3) is 32.6 Å². The van der Waals surface area contributed by atoms with Crippen LogP contribution in [0, 0.1) is 32.6 Å². The Kier molecular flexibility index (Phi) is 10.1. The zero-order valence-corrected chi connectivity index (χ0v) is 29.6. The number of nitrogens with zero attached hydrogens (tertiary/aromatic N) is 2. The van der Waals surface area contributed by atoms with Gasteiger partial charge >= 0.3 is 5.97 Å². The number of carbonyl (C=O) groups is 2. The van der Waals surface area contributed by atoms with Gasteiger partial charge in [0.2, 0.25) is 0 Å². The number of aromatic nitrogens is 1. The van der Waals surface area contributed by atoms with Crippen LogP contribution in [0.3, 0.4) is 0 Å². The van der Waals surface area contributed by atoms with Crippen molar-refractivity contribution in [3.05, 3.63) is 94.0 Å². The van der Waals surface area contributed by atoms with Crippen molar-refractivity contribution in [2.45, 2.75) is 106 Å². The van der Waals surface area contributed by atoms with E-state index in [1.165, 1.54) is 38.1 Å².